The lowest BCUT2D eigenvalue weighted by atomic mass is 9.92. The molecule has 1 N–H and O–H groups in total. The molecule has 1 unspecified atom stereocenters. The topological polar surface area (TPSA) is 42.0 Å². The van der Waals surface area contributed by atoms with Gasteiger partial charge in [-0.3, -0.25) is 4.79 Å². The van der Waals surface area contributed by atoms with E-state index in [4.69, 9.17) is 4.98 Å². The van der Waals surface area contributed by atoms with Gasteiger partial charge in [0, 0.05) is 12.3 Å². The number of hydrogen-bond acceptors (Lipinski definition) is 3. The summed E-state index contributed by atoms with van der Waals surface area (Å²) < 4.78 is 0. The molecule has 0 aliphatic heterocycles. The number of nitrogens with one attached hydrogen (secondary N) is 1. The summed E-state index contributed by atoms with van der Waals surface area (Å²) in [4.78, 5) is 16.5. The Bertz CT molecular complexity index is 871. The van der Waals surface area contributed by atoms with Crippen LogP contribution in [0.1, 0.15) is 35.7 Å². The summed E-state index contributed by atoms with van der Waals surface area (Å²) in [5, 5.41) is 5.94. The molecule has 4 heteroatoms. The van der Waals surface area contributed by atoms with Gasteiger partial charge in [-0.1, -0.05) is 66.7 Å². The molecule has 3 rings (SSSR count). The highest BCUT2D eigenvalue weighted by molar-refractivity contribution is 7.10. The molecule has 0 saturated carbocycles. The molecule has 3 nitrogen and oxygen atoms in total. The Morgan fingerprint density at radius 3 is 2.32 bits per heavy atom. The molecule has 0 aliphatic carbocycles. The Balaban J connectivity index is 1.92. The molecule has 3 aromatic rings. The van der Waals surface area contributed by atoms with Crippen LogP contribution in [0.3, 0.4) is 0 Å². The van der Waals surface area contributed by atoms with Crippen molar-refractivity contribution in [3.63, 3.8) is 0 Å². The van der Waals surface area contributed by atoms with Crippen molar-refractivity contribution in [1.82, 2.24) is 10.3 Å². The van der Waals surface area contributed by atoms with Gasteiger partial charge in [0.05, 0.1) is 5.69 Å². The van der Waals surface area contributed by atoms with E-state index in [1.807, 2.05) is 73.0 Å². The van der Waals surface area contributed by atoms with Crippen molar-refractivity contribution in [1.29, 1.82) is 0 Å². The fraction of sp³-hybridized carbons (Fsp3) is 0.143. The van der Waals surface area contributed by atoms with Crippen LogP contribution in [0.5, 0.6) is 0 Å². The van der Waals surface area contributed by atoms with E-state index in [1.54, 1.807) is 11.3 Å². The summed E-state index contributed by atoms with van der Waals surface area (Å²) in [5.74, 6) is -0.0806. The third kappa shape index (κ3) is 4.03. The van der Waals surface area contributed by atoms with Gasteiger partial charge in [0.2, 0.25) is 5.91 Å². The number of thiazole rings is 1. The summed E-state index contributed by atoms with van der Waals surface area (Å²) in [6, 6.07) is 20.0. The SMILES string of the molecule is CC(=O)NC(C)(c1ccccc1)c1nc(/C=C/c2ccccc2)cs1. The van der Waals surface area contributed by atoms with Gasteiger partial charge in [0.25, 0.3) is 0 Å². The largest absolute Gasteiger partial charge is 0.341 e. The third-order valence-corrected chi connectivity index (χ3v) is 5.06. The fourth-order valence-electron chi connectivity index (χ4n) is 2.71. The molecule has 126 valence electrons. The number of benzene rings is 2. The summed E-state index contributed by atoms with van der Waals surface area (Å²) in [7, 11) is 0. The summed E-state index contributed by atoms with van der Waals surface area (Å²) >= 11 is 1.55. The predicted octanol–water partition coefficient (Wildman–Crippen LogP) is 4.71. The predicted molar refractivity (Wildman–Crippen MR) is 104 cm³/mol. The van der Waals surface area contributed by atoms with Crippen molar-refractivity contribution in [2.45, 2.75) is 19.4 Å². The third-order valence-electron chi connectivity index (χ3n) is 3.97. The molecule has 1 aromatic heterocycles. The van der Waals surface area contributed by atoms with Gasteiger partial charge in [-0.25, -0.2) is 4.98 Å². The molecular formula is C21H20N2OS. The van der Waals surface area contributed by atoms with Gasteiger partial charge in [0.15, 0.2) is 0 Å². The van der Waals surface area contributed by atoms with Crippen molar-refractivity contribution in [2.75, 3.05) is 0 Å². The lowest BCUT2D eigenvalue weighted by molar-refractivity contribution is -0.120. The second kappa shape index (κ2) is 7.45. The molecule has 0 aliphatic rings. The fourth-order valence-corrected chi connectivity index (χ4v) is 3.64. The van der Waals surface area contributed by atoms with E-state index < -0.39 is 5.54 Å². The molecule has 0 radical (unpaired) electrons. The van der Waals surface area contributed by atoms with E-state index >= 15 is 0 Å². The second-order valence-corrected chi connectivity index (χ2v) is 6.85. The van der Waals surface area contributed by atoms with E-state index in [9.17, 15) is 4.79 Å². The van der Waals surface area contributed by atoms with Gasteiger partial charge in [-0.2, -0.15) is 0 Å². The minimum Gasteiger partial charge on any atom is -0.341 e. The van der Waals surface area contributed by atoms with Gasteiger partial charge in [0.1, 0.15) is 10.5 Å². The molecule has 0 bridgehead atoms. The number of nitrogens with zero attached hydrogens (tertiary/aromatic N) is 1. The number of rotatable bonds is 5. The van der Waals surface area contributed by atoms with Crippen LogP contribution in [-0.4, -0.2) is 10.9 Å². The van der Waals surface area contributed by atoms with Crippen molar-refractivity contribution < 1.29 is 4.79 Å². The van der Waals surface area contributed by atoms with Crippen LogP contribution < -0.4 is 5.32 Å². The van der Waals surface area contributed by atoms with Crippen molar-refractivity contribution in [2.24, 2.45) is 0 Å². The molecule has 25 heavy (non-hydrogen) atoms. The maximum atomic E-state index is 11.8. The molecular weight excluding hydrogens is 328 g/mol. The number of carbonyl (C=O) groups excluding carboxylic acids is 1. The smallest absolute Gasteiger partial charge is 0.217 e. The minimum atomic E-state index is -0.642. The highest BCUT2D eigenvalue weighted by Crippen LogP contribution is 2.32. The van der Waals surface area contributed by atoms with Crippen LogP contribution in [0.25, 0.3) is 12.2 Å². The van der Waals surface area contributed by atoms with Gasteiger partial charge < -0.3 is 5.32 Å². The lowest BCUT2D eigenvalue weighted by Gasteiger charge is -2.28. The lowest BCUT2D eigenvalue weighted by Crippen LogP contribution is -2.43. The summed E-state index contributed by atoms with van der Waals surface area (Å²) in [6.07, 6.45) is 4.03. The first kappa shape index (κ1) is 17.1. The van der Waals surface area contributed by atoms with E-state index in [0.29, 0.717) is 0 Å². The van der Waals surface area contributed by atoms with Crippen LogP contribution in [0.4, 0.5) is 0 Å². The zero-order valence-electron chi connectivity index (χ0n) is 14.3. The monoisotopic (exact) mass is 348 g/mol. The van der Waals surface area contributed by atoms with Crippen LogP contribution >= 0.6 is 11.3 Å². The van der Waals surface area contributed by atoms with Crippen LogP contribution in [0.2, 0.25) is 0 Å². The van der Waals surface area contributed by atoms with Gasteiger partial charge in [-0.15, -0.1) is 11.3 Å². The maximum absolute atomic E-state index is 11.8. The zero-order chi connectivity index (χ0) is 17.7. The van der Waals surface area contributed by atoms with Crippen LogP contribution in [0.15, 0.2) is 66.0 Å². The van der Waals surface area contributed by atoms with Crippen LogP contribution in [0, 0.1) is 0 Å². The van der Waals surface area contributed by atoms with Crippen molar-refractivity contribution in [3.8, 4) is 0 Å². The van der Waals surface area contributed by atoms with Gasteiger partial charge in [-0.05, 0) is 24.1 Å². The van der Waals surface area contributed by atoms with E-state index in [1.165, 1.54) is 6.92 Å². The average molecular weight is 348 g/mol. The Morgan fingerprint density at radius 1 is 1.04 bits per heavy atom. The Morgan fingerprint density at radius 2 is 1.68 bits per heavy atom. The molecule has 0 spiro atoms. The highest BCUT2D eigenvalue weighted by Gasteiger charge is 2.32. The first-order valence-electron chi connectivity index (χ1n) is 8.11. The summed E-state index contributed by atoms with van der Waals surface area (Å²) in [6.45, 7) is 3.53. The molecule has 2 aromatic carbocycles. The molecule has 0 saturated heterocycles. The van der Waals surface area contributed by atoms with E-state index in [-0.39, 0.29) is 5.91 Å². The number of aromatic nitrogens is 1. The molecule has 0 fully saturated rings. The quantitative estimate of drug-likeness (QED) is 0.725. The first-order valence-corrected chi connectivity index (χ1v) is 8.99. The molecule has 1 amide bonds. The highest BCUT2D eigenvalue weighted by atomic mass is 32.1. The molecule has 1 heterocycles. The Labute approximate surface area is 152 Å². The normalized spacial score (nSPS) is 13.5. The first-order chi connectivity index (χ1) is 12.1. The number of hydrogen-bond donors (Lipinski definition) is 1. The van der Waals surface area contributed by atoms with Crippen molar-refractivity contribution >= 4 is 29.4 Å². The van der Waals surface area contributed by atoms with E-state index in [0.717, 1.165) is 21.8 Å². The Kier molecular flexibility index (Phi) is 5.10. The summed E-state index contributed by atoms with van der Waals surface area (Å²) in [5.41, 5.74) is 2.38. The van der Waals surface area contributed by atoms with E-state index in [2.05, 4.69) is 17.4 Å². The zero-order valence-corrected chi connectivity index (χ0v) is 15.1. The average Bonchev–Trinajstić information content (AvgIpc) is 3.11. The minimum absolute atomic E-state index is 0.0806. The molecule has 1 atom stereocenters. The van der Waals surface area contributed by atoms with Gasteiger partial charge >= 0.3 is 0 Å². The second-order valence-electron chi connectivity index (χ2n) is 5.99. The number of amides is 1. The van der Waals surface area contributed by atoms with Crippen LogP contribution in [-0.2, 0) is 10.3 Å². The number of carbonyl (C=O) groups is 1. The maximum Gasteiger partial charge on any atom is 0.217 e. The standard InChI is InChI=1S/C21H20N2OS/c1-16(24)23-21(2,18-11-7-4-8-12-18)20-22-19(15-25-20)14-13-17-9-5-3-6-10-17/h3-15H,1-2H3,(H,23,24)/b14-13+. The Hall–Kier alpha value is -2.72. The van der Waals surface area contributed by atoms with Crippen molar-refractivity contribution in [3.05, 3.63) is 87.9 Å².